The summed E-state index contributed by atoms with van der Waals surface area (Å²) in [5.41, 5.74) is 3.39. The van der Waals surface area contributed by atoms with E-state index in [1.165, 1.54) is 0 Å². The van der Waals surface area contributed by atoms with E-state index in [1.54, 1.807) is 0 Å². The summed E-state index contributed by atoms with van der Waals surface area (Å²) in [6.07, 6.45) is 6.29. The Kier molecular flexibility index (Phi) is 4.66. The van der Waals surface area contributed by atoms with Gasteiger partial charge in [-0.3, -0.25) is 4.79 Å². The smallest absolute Gasteiger partial charge is 0.255 e. The van der Waals surface area contributed by atoms with Gasteiger partial charge in [-0.25, -0.2) is 4.98 Å². The molecule has 5 heteroatoms. The largest absolute Gasteiger partial charge is 0.378 e. The number of ether oxygens (including phenoxy) is 1. The lowest BCUT2D eigenvalue weighted by molar-refractivity contribution is -0.0161. The maximum Gasteiger partial charge on any atom is 0.255 e. The number of hydrogen-bond acceptors (Lipinski definition) is 3. The minimum atomic E-state index is -0.0398. The van der Waals surface area contributed by atoms with Crippen molar-refractivity contribution < 1.29 is 9.53 Å². The zero-order valence-corrected chi connectivity index (χ0v) is 14.1. The van der Waals surface area contributed by atoms with Crippen molar-refractivity contribution in [3.8, 4) is 0 Å². The fourth-order valence-corrected chi connectivity index (χ4v) is 3.05. The molecule has 0 saturated heterocycles. The van der Waals surface area contributed by atoms with Crippen molar-refractivity contribution in [1.29, 1.82) is 0 Å². The first-order valence-electron chi connectivity index (χ1n) is 8.46. The third-order valence-corrected chi connectivity index (χ3v) is 4.47. The van der Waals surface area contributed by atoms with Crippen LogP contribution in [0.1, 0.15) is 54.4 Å². The molecule has 0 aromatic carbocycles. The van der Waals surface area contributed by atoms with E-state index in [0.29, 0.717) is 11.7 Å². The summed E-state index contributed by atoms with van der Waals surface area (Å²) >= 11 is 0. The minimum absolute atomic E-state index is 0.0398. The third-order valence-electron chi connectivity index (χ3n) is 4.47. The van der Waals surface area contributed by atoms with Crippen LogP contribution in [0, 0.1) is 13.8 Å². The van der Waals surface area contributed by atoms with E-state index in [4.69, 9.17) is 4.74 Å². The normalized spacial score (nSPS) is 20.5. The van der Waals surface area contributed by atoms with Crippen molar-refractivity contribution in [2.24, 2.45) is 0 Å². The van der Waals surface area contributed by atoms with Gasteiger partial charge >= 0.3 is 0 Å². The van der Waals surface area contributed by atoms with E-state index < -0.39 is 0 Å². The Morgan fingerprint density at radius 1 is 1.43 bits per heavy atom. The Balaban J connectivity index is 1.60. The van der Waals surface area contributed by atoms with Crippen LogP contribution in [0.25, 0.3) is 5.65 Å². The lowest BCUT2D eigenvalue weighted by atomic mass is 9.89. The Labute approximate surface area is 137 Å². The van der Waals surface area contributed by atoms with Gasteiger partial charge in [0.05, 0.1) is 11.7 Å². The lowest BCUT2D eigenvalue weighted by Gasteiger charge is -2.35. The Bertz CT molecular complexity index is 702. The van der Waals surface area contributed by atoms with Crippen molar-refractivity contribution in [3.05, 3.63) is 35.3 Å². The van der Waals surface area contributed by atoms with Crippen LogP contribution < -0.4 is 5.32 Å². The van der Waals surface area contributed by atoms with E-state index in [2.05, 4.69) is 17.2 Å². The van der Waals surface area contributed by atoms with Gasteiger partial charge in [-0.05, 0) is 45.2 Å². The van der Waals surface area contributed by atoms with Gasteiger partial charge in [0.15, 0.2) is 0 Å². The molecule has 0 atom stereocenters. The highest BCUT2D eigenvalue weighted by atomic mass is 16.5. The second-order valence-electron chi connectivity index (χ2n) is 6.45. The minimum Gasteiger partial charge on any atom is -0.378 e. The maximum atomic E-state index is 12.5. The summed E-state index contributed by atoms with van der Waals surface area (Å²) in [7, 11) is 0. The second-order valence-corrected chi connectivity index (χ2v) is 6.45. The zero-order chi connectivity index (χ0) is 16.4. The van der Waals surface area contributed by atoms with Crippen molar-refractivity contribution in [3.63, 3.8) is 0 Å². The van der Waals surface area contributed by atoms with Crippen LogP contribution in [0.15, 0.2) is 18.3 Å². The number of carbonyl (C=O) groups excluding carboxylic acids is 1. The van der Waals surface area contributed by atoms with Crippen molar-refractivity contribution >= 4 is 11.6 Å². The first-order valence-corrected chi connectivity index (χ1v) is 8.46. The molecule has 3 rings (SSSR count). The Hall–Kier alpha value is -1.88. The predicted molar refractivity (Wildman–Crippen MR) is 89.8 cm³/mol. The summed E-state index contributed by atoms with van der Waals surface area (Å²) in [5.74, 6) is -0.0398. The van der Waals surface area contributed by atoms with E-state index in [-0.39, 0.29) is 11.9 Å². The highest BCUT2D eigenvalue weighted by Gasteiger charge is 2.31. The average Bonchev–Trinajstić information content (AvgIpc) is 2.88. The number of amides is 1. The van der Waals surface area contributed by atoms with E-state index in [9.17, 15) is 4.79 Å². The van der Waals surface area contributed by atoms with Gasteiger partial charge in [0, 0.05) is 30.2 Å². The summed E-state index contributed by atoms with van der Waals surface area (Å²) in [6.45, 7) is 6.96. The first kappa shape index (κ1) is 16.0. The van der Waals surface area contributed by atoms with Crippen LogP contribution in [0.3, 0.4) is 0 Å². The molecular weight excluding hydrogens is 290 g/mol. The monoisotopic (exact) mass is 315 g/mol. The molecule has 1 N–H and O–H groups in total. The number of aromatic nitrogens is 2. The number of aryl methyl sites for hydroxylation is 2. The molecule has 23 heavy (non-hydrogen) atoms. The molecule has 1 amide bonds. The summed E-state index contributed by atoms with van der Waals surface area (Å²) in [6, 6.07) is 4.08. The van der Waals surface area contributed by atoms with Gasteiger partial charge in [0.1, 0.15) is 5.65 Å². The molecule has 5 nitrogen and oxygen atoms in total. The predicted octanol–water partition coefficient (Wildman–Crippen LogP) is 3.03. The number of hydrogen-bond donors (Lipinski definition) is 1. The zero-order valence-electron chi connectivity index (χ0n) is 14.1. The number of fused-ring (bicyclic) bond motifs is 1. The fourth-order valence-electron chi connectivity index (χ4n) is 3.05. The molecule has 2 aromatic rings. The molecular formula is C18H25N3O2. The molecule has 124 valence electrons. The summed E-state index contributed by atoms with van der Waals surface area (Å²) < 4.78 is 7.71. The maximum absolute atomic E-state index is 12.5. The van der Waals surface area contributed by atoms with Crippen molar-refractivity contribution in [2.75, 3.05) is 6.61 Å². The second kappa shape index (κ2) is 6.71. The van der Waals surface area contributed by atoms with Gasteiger partial charge in [-0.1, -0.05) is 13.3 Å². The number of carbonyl (C=O) groups is 1. The van der Waals surface area contributed by atoms with Crippen LogP contribution in [0.4, 0.5) is 0 Å². The van der Waals surface area contributed by atoms with Crippen molar-refractivity contribution in [1.82, 2.24) is 14.7 Å². The molecule has 1 fully saturated rings. The Morgan fingerprint density at radius 2 is 2.22 bits per heavy atom. The number of unbranched alkanes of at least 4 members (excludes halogenated alkanes) is 1. The van der Waals surface area contributed by atoms with Gasteiger partial charge in [-0.15, -0.1) is 0 Å². The summed E-state index contributed by atoms with van der Waals surface area (Å²) in [5, 5.41) is 3.10. The molecule has 0 aliphatic heterocycles. The molecule has 0 spiro atoms. The van der Waals surface area contributed by atoms with E-state index in [0.717, 1.165) is 49.3 Å². The number of nitrogens with zero attached hydrogens (tertiary/aromatic N) is 2. The molecule has 0 unspecified atom stereocenters. The third kappa shape index (κ3) is 3.39. The van der Waals surface area contributed by atoms with Gasteiger partial charge in [0.2, 0.25) is 0 Å². The van der Waals surface area contributed by atoms with E-state index in [1.807, 2.05) is 36.6 Å². The number of nitrogens with one attached hydrogen (secondary N) is 1. The van der Waals surface area contributed by atoms with Crippen LogP contribution in [-0.4, -0.2) is 34.0 Å². The Morgan fingerprint density at radius 3 is 2.96 bits per heavy atom. The molecule has 2 aromatic heterocycles. The quantitative estimate of drug-likeness (QED) is 0.834. The molecule has 0 bridgehead atoms. The van der Waals surface area contributed by atoms with Crippen LogP contribution in [0.5, 0.6) is 0 Å². The highest BCUT2D eigenvalue weighted by molar-refractivity contribution is 6.00. The standard InChI is InChI=1S/C18H25N3O2/c1-4-5-8-23-15-10-14(11-15)20-18(22)16-6-7-21-13(3)9-12(2)19-17(16)21/h6-7,9,14-15H,4-5,8,10-11H2,1-3H3,(H,20,22). The summed E-state index contributed by atoms with van der Waals surface area (Å²) in [4.78, 5) is 17.0. The lowest BCUT2D eigenvalue weighted by Crippen LogP contribution is -2.47. The highest BCUT2D eigenvalue weighted by Crippen LogP contribution is 2.24. The average molecular weight is 315 g/mol. The van der Waals surface area contributed by atoms with Crippen molar-refractivity contribution in [2.45, 2.75) is 58.6 Å². The SMILES string of the molecule is CCCCOC1CC(NC(=O)c2ccn3c(C)cc(C)nc23)C1. The molecule has 1 aliphatic rings. The molecule has 1 saturated carbocycles. The topological polar surface area (TPSA) is 55.6 Å². The van der Waals surface area contributed by atoms with Gasteiger partial charge in [-0.2, -0.15) is 0 Å². The van der Waals surface area contributed by atoms with Crippen LogP contribution in [-0.2, 0) is 4.74 Å². The van der Waals surface area contributed by atoms with Crippen LogP contribution in [0.2, 0.25) is 0 Å². The van der Waals surface area contributed by atoms with Crippen LogP contribution >= 0.6 is 0 Å². The number of rotatable bonds is 6. The first-order chi connectivity index (χ1) is 11.1. The van der Waals surface area contributed by atoms with E-state index >= 15 is 0 Å². The van der Waals surface area contributed by atoms with Gasteiger partial charge in [0.25, 0.3) is 5.91 Å². The fraction of sp³-hybridized carbons (Fsp3) is 0.556. The van der Waals surface area contributed by atoms with Gasteiger partial charge < -0.3 is 14.5 Å². The molecule has 0 radical (unpaired) electrons. The molecule has 1 aliphatic carbocycles. The molecule has 2 heterocycles.